The molecule has 2 fully saturated rings. The number of benzene rings is 1. The number of aromatic hydroxyl groups is 1. The number of alkyl halides is 3. The van der Waals surface area contributed by atoms with Gasteiger partial charge in [0, 0.05) is 32.4 Å². The van der Waals surface area contributed by atoms with Crippen LogP contribution in [0.3, 0.4) is 0 Å². The summed E-state index contributed by atoms with van der Waals surface area (Å²) in [5.74, 6) is 0.0144. The Morgan fingerprint density at radius 2 is 1.81 bits per heavy atom. The van der Waals surface area contributed by atoms with Gasteiger partial charge in [-0.15, -0.1) is 5.10 Å². The molecule has 0 radical (unpaired) electrons. The molecule has 7 nitrogen and oxygen atoms in total. The Morgan fingerprint density at radius 1 is 1.16 bits per heavy atom. The van der Waals surface area contributed by atoms with Gasteiger partial charge in [-0.2, -0.15) is 17.7 Å². The third kappa shape index (κ3) is 3.76. The fraction of sp³-hybridized carbons (Fsp3) is 0.524. The van der Waals surface area contributed by atoms with Crippen molar-refractivity contribution in [3.8, 4) is 5.88 Å². The molecule has 2 aliphatic heterocycles. The molecule has 32 heavy (non-hydrogen) atoms. The number of piperidine rings is 1. The van der Waals surface area contributed by atoms with Crippen LogP contribution in [-0.2, 0) is 22.1 Å². The van der Waals surface area contributed by atoms with Gasteiger partial charge in [-0.25, -0.2) is 4.98 Å². The average Bonchev–Trinajstić information content (AvgIpc) is 3.47. The third-order valence-electron chi connectivity index (χ3n) is 6.10. The number of rotatable bonds is 4. The number of thiazole rings is 1. The summed E-state index contributed by atoms with van der Waals surface area (Å²) in [5, 5.41) is 15.3. The van der Waals surface area contributed by atoms with E-state index >= 15 is 0 Å². The van der Waals surface area contributed by atoms with Gasteiger partial charge >= 0.3 is 6.18 Å². The zero-order valence-corrected chi connectivity index (χ0v) is 18.2. The summed E-state index contributed by atoms with van der Waals surface area (Å²) >= 11 is 1.30. The average molecular weight is 469 g/mol. The van der Waals surface area contributed by atoms with Crippen LogP contribution in [0.15, 0.2) is 24.3 Å². The lowest BCUT2D eigenvalue weighted by Crippen LogP contribution is -2.46. The standard InChI is InChI=1S/C21H23F3N4O3S/c1-2-15-25-19-28(26-15)18(29)17(32-19)16(13-3-5-14(6-4-13)21(22,23)24)27-9-7-20(8-10-27)30-11-12-31-20/h3-6,16,29H,2,7-12H2,1H3/t16-/m0/s1. The molecule has 5 rings (SSSR count). The Labute approximate surface area is 186 Å². The van der Waals surface area contributed by atoms with Gasteiger partial charge in [-0.05, 0) is 17.7 Å². The van der Waals surface area contributed by atoms with Crippen molar-refractivity contribution in [1.82, 2.24) is 19.5 Å². The quantitative estimate of drug-likeness (QED) is 0.624. The van der Waals surface area contributed by atoms with Crippen LogP contribution in [0.2, 0.25) is 0 Å². The summed E-state index contributed by atoms with van der Waals surface area (Å²) in [6.07, 6.45) is -2.48. The predicted octanol–water partition coefficient (Wildman–Crippen LogP) is 4.01. The van der Waals surface area contributed by atoms with Crippen LogP contribution < -0.4 is 0 Å². The number of nitrogens with zero attached hydrogens (tertiary/aromatic N) is 4. The molecule has 1 aromatic carbocycles. The molecular weight excluding hydrogens is 445 g/mol. The Morgan fingerprint density at radius 3 is 2.38 bits per heavy atom. The molecule has 1 spiro atoms. The Hall–Kier alpha value is -2.21. The van der Waals surface area contributed by atoms with Crippen molar-refractivity contribution in [3.63, 3.8) is 0 Å². The number of ether oxygens (including phenoxy) is 2. The summed E-state index contributed by atoms with van der Waals surface area (Å²) in [7, 11) is 0. The van der Waals surface area contributed by atoms with Crippen molar-refractivity contribution >= 4 is 16.3 Å². The second-order valence-electron chi connectivity index (χ2n) is 8.03. The molecule has 2 aliphatic rings. The zero-order chi connectivity index (χ0) is 22.5. The van der Waals surface area contributed by atoms with Gasteiger partial charge in [0.05, 0.1) is 29.7 Å². The smallest absolute Gasteiger partial charge is 0.416 e. The molecular formula is C21H23F3N4O3S. The van der Waals surface area contributed by atoms with E-state index in [1.807, 2.05) is 6.92 Å². The van der Waals surface area contributed by atoms with Crippen LogP contribution >= 0.6 is 11.3 Å². The van der Waals surface area contributed by atoms with Gasteiger partial charge < -0.3 is 14.6 Å². The Balaban J connectivity index is 1.52. The summed E-state index contributed by atoms with van der Waals surface area (Å²) in [6, 6.07) is 4.69. The largest absolute Gasteiger partial charge is 0.492 e. The number of hydrogen-bond acceptors (Lipinski definition) is 7. The van der Waals surface area contributed by atoms with Gasteiger partial charge in [-0.1, -0.05) is 30.4 Å². The topological polar surface area (TPSA) is 72.1 Å². The second kappa shape index (κ2) is 7.98. The van der Waals surface area contributed by atoms with Crippen molar-refractivity contribution in [3.05, 3.63) is 46.1 Å². The lowest BCUT2D eigenvalue weighted by atomic mass is 9.96. The highest BCUT2D eigenvalue weighted by atomic mass is 32.1. The molecule has 2 saturated heterocycles. The SMILES string of the molecule is CCc1nc2sc([C@H](c3ccc(C(F)(F)F)cc3)N3CCC4(CC3)OCCO4)c(O)n2n1. The number of hydrogen-bond donors (Lipinski definition) is 1. The van der Waals surface area contributed by atoms with Crippen LogP contribution in [-0.4, -0.2) is 56.7 Å². The Kier molecular flexibility index (Phi) is 5.39. The van der Waals surface area contributed by atoms with Crippen LogP contribution in [0, 0.1) is 0 Å². The van der Waals surface area contributed by atoms with Gasteiger partial charge in [0.1, 0.15) is 0 Å². The minimum atomic E-state index is -4.41. The maximum atomic E-state index is 13.1. The normalized spacial score (nSPS) is 20.4. The van der Waals surface area contributed by atoms with E-state index in [-0.39, 0.29) is 5.88 Å². The molecule has 11 heteroatoms. The first kappa shape index (κ1) is 21.6. The van der Waals surface area contributed by atoms with Crippen molar-refractivity contribution in [2.24, 2.45) is 0 Å². The van der Waals surface area contributed by atoms with E-state index in [1.165, 1.54) is 28.0 Å². The van der Waals surface area contributed by atoms with Gasteiger partial charge in [0.15, 0.2) is 11.6 Å². The third-order valence-corrected chi connectivity index (χ3v) is 7.17. The maximum absolute atomic E-state index is 13.1. The van der Waals surface area contributed by atoms with Gasteiger partial charge in [0.2, 0.25) is 10.8 Å². The maximum Gasteiger partial charge on any atom is 0.416 e. The van der Waals surface area contributed by atoms with Crippen molar-refractivity contribution < 1.29 is 27.8 Å². The number of aromatic nitrogens is 3. The molecule has 172 valence electrons. The van der Waals surface area contributed by atoms with Gasteiger partial charge in [0.25, 0.3) is 0 Å². The summed E-state index contributed by atoms with van der Waals surface area (Å²) in [5.41, 5.74) is -0.0393. The molecule has 0 bridgehead atoms. The first-order valence-electron chi connectivity index (χ1n) is 10.6. The molecule has 0 aliphatic carbocycles. The number of fused-ring (bicyclic) bond motifs is 1. The van der Waals surface area contributed by atoms with Crippen LogP contribution in [0.25, 0.3) is 4.96 Å². The summed E-state index contributed by atoms with van der Waals surface area (Å²) in [4.78, 5) is 7.75. The van der Waals surface area contributed by atoms with Crippen LogP contribution in [0.1, 0.15) is 47.6 Å². The van der Waals surface area contributed by atoms with E-state index < -0.39 is 23.6 Å². The first-order valence-corrected chi connectivity index (χ1v) is 11.4. The highest BCUT2D eigenvalue weighted by Crippen LogP contribution is 2.43. The van der Waals surface area contributed by atoms with E-state index in [0.29, 0.717) is 66.8 Å². The van der Waals surface area contributed by atoms with E-state index in [2.05, 4.69) is 15.0 Å². The van der Waals surface area contributed by atoms with Crippen LogP contribution in [0.4, 0.5) is 13.2 Å². The number of aryl methyl sites for hydroxylation is 1. The van der Waals surface area contributed by atoms with Crippen molar-refractivity contribution in [1.29, 1.82) is 0 Å². The Bertz CT molecular complexity index is 1100. The molecule has 2 aromatic heterocycles. The zero-order valence-electron chi connectivity index (χ0n) is 17.4. The van der Waals surface area contributed by atoms with Gasteiger partial charge in [-0.3, -0.25) is 4.90 Å². The molecule has 4 heterocycles. The first-order chi connectivity index (χ1) is 15.3. The molecule has 3 aromatic rings. The monoisotopic (exact) mass is 468 g/mol. The fourth-order valence-electron chi connectivity index (χ4n) is 4.41. The fourth-order valence-corrected chi connectivity index (χ4v) is 5.55. The van der Waals surface area contributed by atoms with E-state index in [9.17, 15) is 18.3 Å². The van der Waals surface area contributed by atoms with E-state index in [4.69, 9.17) is 9.47 Å². The van der Waals surface area contributed by atoms with Crippen molar-refractivity contribution in [2.75, 3.05) is 26.3 Å². The van der Waals surface area contributed by atoms with E-state index in [0.717, 1.165) is 12.1 Å². The predicted molar refractivity (Wildman–Crippen MR) is 111 cm³/mol. The molecule has 1 N–H and O–H groups in total. The summed E-state index contributed by atoms with van der Waals surface area (Å²) < 4.78 is 52.4. The lowest BCUT2D eigenvalue weighted by molar-refractivity contribution is -0.187. The van der Waals surface area contributed by atoms with Crippen molar-refractivity contribution in [2.45, 2.75) is 44.2 Å². The van der Waals surface area contributed by atoms with E-state index in [1.54, 1.807) is 0 Å². The molecule has 0 unspecified atom stereocenters. The second-order valence-corrected chi connectivity index (χ2v) is 9.04. The minimum Gasteiger partial charge on any atom is -0.492 e. The number of halogens is 3. The lowest BCUT2D eigenvalue weighted by Gasteiger charge is -2.41. The number of likely N-dealkylation sites (tertiary alicyclic amines) is 1. The molecule has 0 amide bonds. The van der Waals surface area contributed by atoms with Crippen LogP contribution in [0.5, 0.6) is 5.88 Å². The minimum absolute atomic E-state index is 0.0317. The summed E-state index contributed by atoms with van der Waals surface area (Å²) in [6.45, 7) is 4.28. The molecule has 0 saturated carbocycles. The highest BCUT2D eigenvalue weighted by Gasteiger charge is 2.42. The highest BCUT2D eigenvalue weighted by molar-refractivity contribution is 7.17. The molecule has 1 atom stereocenters.